The van der Waals surface area contributed by atoms with Crippen LogP contribution < -0.4 is 4.74 Å². The highest BCUT2D eigenvalue weighted by molar-refractivity contribution is 5.69. The second-order valence-electron chi connectivity index (χ2n) is 4.59. The van der Waals surface area contributed by atoms with Crippen LogP contribution in [0.25, 0.3) is 0 Å². The van der Waals surface area contributed by atoms with Crippen LogP contribution in [0, 0.1) is 13.8 Å². The molecule has 100 valence electrons. The Balaban J connectivity index is 3.36. The molecule has 1 aromatic carbocycles. The second-order valence-corrected chi connectivity index (χ2v) is 4.59. The van der Waals surface area contributed by atoms with Gasteiger partial charge < -0.3 is 14.9 Å². The smallest absolute Gasteiger partial charge is 0.306 e. The normalized spacial score (nSPS) is 14.1. The van der Waals surface area contributed by atoms with E-state index in [-0.39, 0.29) is 6.42 Å². The van der Waals surface area contributed by atoms with Crippen molar-refractivity contribution in [3.8, 4) is 5.75 Å². The number of aliphatic hydroxyl groups is 1. The quantitative estimate of drug-likeness (QED) is 0.844. The summed E-state index contributed by atoms with van der Waals surface area (Å²) in [7, 11) is 1.52. The first-order valence-corrected chi connectivity index (χ1v) is 5.94. The number of ether oxygens (including phenoxy) is 1. The number of hydrogen-bond acceptors (Lipinski definition) is 3. The zero-order valence-corrected chi connectivity index (χ0v) is 11.3. The summed E-state index contributed by atoms with van der Waals surface area (Å²) in [6.07, 6.45) is -0.0134. The number of hydrogen-bond donors (Lipinski definition) is 2. The molecular weight excluding hydrogens is 232 g/mol. The molecule has 0 heterocycles. The van der Waals surface area contributed by atoms with Crippen LogP contribution >= 0.6 is 0 Å². The van der Waals surface area contributed by atoms with Crippen molar-refractivity contribution in [3.05, 3.63) is 28.8 Å². The summed E-state index contributed by atoms with van der Waals surface area (Å²) in [4.78, 5) is 10.9. The predicted molar refractivity (Wildman–Crippen MR) is 68.9 cm³/mol. The van der Waals surface area contributed by atoms with E-state index in [9.17, 15) is 9.90 Å². The first-order valence-electron chi connectivity index (χ1n) is 5.94. The molecule has 4 heteroatoms. The number of aliphatic carboxylic acids is 1. The molecule has 1 atom stereocenters. The summed E-state index contributed by atoms with van der Waals surface area (Å²) >= 11 is 0. The van der Waals surface area contributed by atoms with E-state index in [4.69, 9.17) is 9.84 Å². The van der Waals surface area contributed by atoms with E-state index < -0.39 is 11.6 Å². The lowest BCUT2D eigenvalue weighted by molar-refractivity contribution is -0.143. The van der Waals surface area contributed by atoms with E-state index in [0.29, 0.717) is 17.7 Å². The average Bonchev–Trinajstić information content (AvgIpc) is 2.31. The molecular formula is C14H20O4. The van der Waals surface area contributed by atoms with Gasteiger partial charge in [0, 0.05) is 5.56 Å². The highest BCUT2D eigenvalue weighted by atomic mass is 16.5. The van der Waals surface area contributed by atoms with Gasteiger partial charge in [-0.3, -0.25) is 4.79 Å². The Morgan fingerprint density at radius 2 is 1.89 bits per heavy atom. The van der Waals surface area contributed by atoms with E-state index >= 15 is 0 Å². The van der Waals surface area contributed by atoms with Gasteiger partial charge in [0.15, 0.2) is 0 Å². The Kier molecular flexibility index (Phi) is 4.35. The maximum Gasteiger partial charge on any atom is 0.306 e. The molecule has 0 spiro atoms. The third kappa shape index (κ3) is 2.82. The minimum Gasteiger partial charge on any atom is -0.496 e. The molecule has 18 heavy (non-hydrogen) atoms. The molecule has 4 nitrogen and oxygen atoms in total. The summed E-state index contributed by atoms with van der Waals surface area (Å²) < 4.78 is 5.26. The molecule has 1 unspecified atom stereocenters. The lowest BCUT2D eigenvalue weighted by Gasteiger charge is -2.28. The van der Waals surface area contributed by atoms with Gasteiger partial charge in [0.05, 0.1) is 13.5 Å². The summed E-state index contributed by atoms with van der Waals surface area (Å²) in [6, 6.07) is 3.63. The molecule has 0 aliphatic carbocycles. The minimum atomic E-state index is -1.39. The van der Waals surface area contributed by atoms with Gasteiger partial charge in [-0.1, -0.05) is 6.92 Å². The van der Waals surface area contributed by atoms with Crippen LogP contribution in [0.2, 0.25) is 0 Å². The highest BCUT2D eigenvalue weighted by Gasteiger charge is 2.33. The lowest BCUT2D eigenvalue weighted by atomic mass is 9.85. The molecule has 1 rings (SSSR count). The van der Waals surface area contributed by atoms with E-state index in [1.807, 2.05) is 19.9 Å². The van der Waals surface area contributed by atoms with E-state index in [1.165, 1.54) is 7.11 Å². The van der Waals surface area contributed by atoms with Gasteiger partial charge in [-0.2, -0.15) is 0 Å². The first-order chi connectivity index (χ1) is 8.34. The largest absolute Gasteiger partial charge is 0.496 e. The number of methoxy groups -OCH3 is 1. The topological polar surface area (TPSA) is 66.8 Å². The summed E-state index contributed by atoms with van der Waals surface area (Å²) in [5, 5.41) is 19.5. The van der Waals surface area contributed by atoms with Crippen LogP contribution in [0.3, 0.4) is 0 Å². The number of aryl methyl sites for hydroxylation is 2. The van der Waals surface area contributed by atoms with Crippen molar-refractivity contribution in [1.82, 2.24) is 0 Å². The number of carbonyl (C=O) groups is 1. The zero-order chi connectivity index (χ0) is 13.9. The van der Waals surface area contributed by atoms with Crippen molar-refractivity contribution in [3.63, 3.8) is 0 Å². The Morgan fingerprint density at radius 3 is 2.33 bits per heavy atom. The van der Waals surface area contributed by atoms with Crippen molar-refractivity contribution in [2.45, 2.75) is 39.2 Å². The Morgan fingerprint density at radius 1 is 1.33 bits per heavy atom. The molecule has 0 saturated heterocycles. The van der Waals surface area contributed by atoms with Gasteiger partial charge in [-0.05, 0) is 43.5 Å². The monoisotopic (exact) mass is 252 g/mol. The Hall–Kier alpha value is -1.55. The highest BCUT2D eigenvalue weighted by Crippen LogP contribution is 2.37. The zero-order valence-electron chi connectivity index (χ0n) is 11.3. The van der Waals surface area contributed by atoms with Crippen LogP contribution in [0.1, 0.15) is 36.5 Å². The molecule has 0 aliphatic rings. The fourth-order valence-electron chi connectivity index (χ4n) is 1.98. The number of benzene rings is 1. The Labute approximate surface area is 107 Å². The number of rotatable bonds is 5. The molecule has 2 N–H and O–H groups in total. The van der Waals surface area contributed by atoms with Crippen molar-refractivity contribution in [1.29, 1.82) is 0 Å². The van der Waals surface area contributed by atoms with Crippen LogP contribution in [-0.2, 0) is 10.4 Å². The predicted octanol–water partition coefficient (Wildman–Crippen LogP) is 2.38. The van der Waals surface area contributed by atoms with E-state index in [2.05, 4.69) is 0 Å². The maximum absolute atomic E-state index is 10.9. The minimum absolute atomic E-state index is 0.318. The average molecular weight is 252 g/mol. The van der Waals surface area contributed by atoms with Crippen molar-refractivity contribution < 1.29 is 19.7 Å². The van der Waals surface area contributed by atoms with Crippen molar-refractivity contribution in [2.24, 2.45) is 0 Å². The summed E-state index contributed by atoms with van der Waals surface area (Å²) in [5.74, 6) is -0.497. The van der Waals surface area contributed by atoms with E-state index in [0.717, 1.165) is 11.1 Å². The van der Waals surface area contributed by atoms with Crippen LogP contribution in [0.5, 0.6) is 5.75 Å². The molecule has 0 aliphatic heterocycles. The lowest BCUT2D eigenvalue weighted by Crippen LogP contribution is -2.29. The molecule has 0 saturated carbocycles. The van der Waals surface area contributed by atoms with Gasteiger partial charge in [-0.25, -0.2) is 0 Å². The number of carboxylic acid groups (broad SMARTS) is 1. The molecule has 1 aromatic rings. The number of carboxylic acids is 1. The maximum atomic E-state index is 10.9. The summed E-state index contributed by atoms with van der Waals surface area (Å²) in [5.41, 5.74) is 1.20. The van der Waals surface area contributed by atoms with Gasteiger partial charge in [0.25, 0.3) is 0 Å². The Bertz CT molecular complexity index is 453. The molecule has 0 fully saturated rings. The third-order valence-corrected chi connectivity index (χ3v) is 3.35. The summed E-state index contributed by atoms with van der Waals surface area (Å²) in [6.45, 7) is 5.64. The van der Waals surface area contributed by atoms with Crippen LogP contribution in [0.4, 0.5) is 0 Å². The van der Waals surface area contributed by atoms with Crippen molar-refractivity contribution in [2.75, 3.05) is 7.11 Å². The SMILES string of the molecule is CCC(O)(CC(=O)O)c1cc(C)c(C)cc1OC. The standard InChI is InChI=1S/C14H20O4/c1-5-14(17,8-13(15)16)11-6-9(2)10(3)7-12(11)18-4/h6-7,17H,5,8H2,1-4H3,(H,15,16). The van der Waals surface area contributed by atoms with Crippen LogP contribution in [0.15, 0.2) is 12.1 Å². The second kappa shape index (κ2) is 5.40. The van der Waals surface area contributed by atoms with Gasteiger partial charge in [-0.15, -0.1) is 0 Å². The molecule has 0 bridgehead atoms. The third-order valence-electron chi connectivity index (χ3n) is 3.35. The van der Waals surface area contributed by atoms with Gasteiger partial charge in [0.2, 0.25) is 0 Å². The fraction of sp³-hybridized carbons (Fsp3) is 0.500. The van der Waals surface area contributed by atoms with Crippen LogP contribution in [-0.4, -0.2) is 23.3 Å². The van der Waals surface area contributed by atoms with Gasteiger partial charge >= 0.3 is 5.97 Å². The fourth-order valence-corrected chi connectivity index (χ4v) is 1.98. The first kappa shape index (κ1) is 14.5. The van der Waals surface area contributed by atoms with E-state index in [1.54, 1.807) is 13.0 Å². The molecule has 0 amide bonds. The molecule has 0 aromatic heterocycles. The van der Waals surface area contributed by atoms with Crippen molar-refractivity contribution >= 4 is 5.97 Å². The molecule has 0 radical (unpaired) electrons. The van der Waals surface area contributed by atoms with Gasteiger partial charge in [0.1, 0.15) is 11.4 Å².